The normalized spacial score (nSPS) is 48.0. The number of aliphatic hydroxyl groups is 5. The quantitative estimate of drug-likeness (QED) is 0.387. The predicted molar refractivity (Wildman–Crippen MR) is 147 cm³/mol. The molecule has 0 radical (unpaired) electrons. The summed E-state index contributed by atoms with van der Waals surface area (Å²) in [6, 6.07) is 7.64. The molecule has 1 unspecified atom stereocenters. The molecule has 212 valence electrons. The van der Waals surface area contributed by atoms with Crippen LogP contribution in [0.25, 0.3) is 10.8 Å². The second-order valence-corrected chi connectivity index (χ2v) is 13.6. The van der Waals surface area contributed by atoms with Gasteiger partial charge >= 0.3 is 0 Å². The van der Waals surface area contributed by atoms with E-state index in [0.717, 1.165) is 34.8 Å². The zero-order valence-electron chi connectivity index (χ0n) is 22.8. The van der Waals surface area contributed by atoms with Gasteiger partial charge in [-0.15, -0.1) is 0 Å². The van der Waals surface area contributed by atoms with Gasteiger partial charge in [-0.3, -0.25) is 9.88 Å². The van der Waals surface area contributed by atoms with E-state index < -0.39 is 46.6 Å². The lowest BCUT2D eigenvalue weighted by atomic mass is 9.56. The van der Waals surface area contributed by atoms with Crippen LogP contribution in [-0.4, -0.2) is 90.2 Å². The largest absolute Gasteiger partial charge is 0.391 e. The van der Waals surface area contributed by atoms with Crippen LogP contribution >= 0.6 is 0 Å². The first-order valence-corrected chi connectivity index (χ1v) is 14.7. The summed E-state index contributed by atoms with van der Waals surface area (Å²) in [5, 5.41) is 57.6. The summed E-state index contributed by atoms with van der Waals surface area (Å²) < 4.78 is 7.27. The molecule has 2 saturated heterocycles. The Labute approximate surface area is 233 Å². The van der Waals surface area contributed by atoms with Gasteiger partial charge in [0.2, 0.25) is 0 Å². The topological polar surface area (TPSA) is 127 Å². The second kappa shape index (κ2) is 8.22. The molecule has 6 aliphatic rings. The van der Waals surface area contributed by atoms with E-state index in [1.54, 1.807) is 12.4 Å². The fourth-order valence-electron chi connectivity index (χ4n) is 9.65. The summed E-state index contributed by atoms with van der Waals surface area (Å²) in [5.41, 5.74) is -0.292. The Balaban J connectivity index is 1.18. The van der Waals surface area contributed by atoms with E-state index >= 15 is 0 Å². The second-order valence-electron chi connectivity index (χ2n) is 13.6. The number of rotatable bonds is 2. The molecule has 8 heteroatoms. The summed E-state index contributed by atoms with van der Waals surface area (Å²) in [5.74, 6) is -0.0949. The molecule has 2 bridgehead atoms. The van der Waals surface area contributed by atoms with Gasteiger partial charge < -0.3 is 30.3 Å². The Hall–Kier alpha value is -2.17. The number of likely N-dealkylation sites (tertiary alicyclic amines) is 1. The van der Waals surface area contributed by atoms with Crippen LogP contribution in [0.15, 0.2) is 60.0 Å². The number of hydrogen-bond acceptors (Lipinski definition) is 8. The number of β-amino-alcohol motifs (C(OH)–C–C–N with tert-alkyl or cyclic N) is 2. The van der Waals surface area contributed by atoms with Gasteiger partial charge in [-0.05, 0) is 72.8 Å². The summed E-state index contributed by atoms with van der Waals surface area (Å²) in [6.07, 6.45) is 8.59. The van der Waals surface area contributed by atoms with Crippen molar-refractivity contribution in [3.8, 4) is 0 Å². The lowest BCUT2D eigenvalue weighted by Crippen LogP contribution is -2.59. The van der Waals surface area contributed by atoms with Crippen molar-refractivity contribution in [1.82, 2.24) is 9.88 Å². The van der Waals surface area contributed by atoms with Gasteiger partial charge in [0.1, 0.15) is 5.60 Å². The summed E-state index contributed by atoms with van der Waals surface area (Å²) >= 11 is 0. The Bertz CT molecular complexity index is 1450. The number of benzene rings is 1. The van der Waals surface area contributed by atoms with Crippen molar-refractivity contribution in [1.29, 1.82) is 0 Å². The molecule has 0 amide bonds. The number of pyridine rings is 1. The van der Waals surface area contributed by atoms with Crippen LogP contribution in [-0.2, 0) is 10.3 Å². The maximum Gasteiger partial charge on any atom is 0.121 e. The van der Waals surface area contributed by atoms with Crippen LogP contribution in [0, 0.1) is 11.3 Å². The van der Waals surface area contributed by atoms with E-state index in [1.165, 1.54) is 0 Å². The Morgan fingerprint density at radius 3 is 2.60 bits per heavy atom. The molecular weight excluding hydrogens is 508 g/mol. The van der Waals surface area contributed by atoms with Crippen LogP contribution in [0.3, 0.4) is 0 Å². The first kappa shape index (κ1) is 25.5. The van der Waals surface area contributed by atoms with Crippen molar-refractivity contribution in [2.45, 2.75) is 92.7 Å². The third-order valence-electron chi connectivity index (χ3n) is 11.8. The molecule has 40 heavy (non-hydrogen) atoms. The Morgan fingerprint density at radius 1 is 1.00 bits per heavy atom. The van der Waals surface area contributed by atoms with E-state index in [9.17, 15) is 25.5 Å². The van der Waals surface area contributed by atoms with Crippen LogP contribution in [0.4, 0.5) is 0 Å². The van der Waals surface area contributed by atoms with Gasteiger partial charge in [0, 0.05) is 48.2 Å². The van der Waals surface area contributed by atoms with Gasteiger partial charge in [0.25, 0.3) is 0 Å². The summed E-state index contributed by atoms with van der Waals surface area (Å²) in [7, 11) is 0. The third kappa shape index (κ3) is 3.08. The molecule has 4 fully saturated rings. The highest BCUT2D eigenvalue weighted by atomic mass is 16.5. The first-order chi connectivity index (χ1) is 19.1. The molecule has 1 aromatic heterocycles. The van der Waals surface area contributed by atoms with Gasteiger partial charge in [-0.1, -0.05) is 31.2 Å². The van der Waals surface area contributed by atoms with Crippen LogP contribution in [0.2, 0.25) is 0 Å². The molecule has 10 atom stereocenters. The number of nitrogens with zero attached hydrogens (tertiary/aromatic N) is 2. The average molecular weight is 547 g/mol. The molecule has 5 N–H and O–H groups in total. The van der Waals surface area contributed by atoms with E-state index in [2.05, 4.69) is 24.1 Å². The van der Waals surface area contributed by atoms with E-state index in [0.29, 0.717) is 44.3 Å². The Kier molecular flexibility index (Phi) is 5.25. The van der Waals surface area contributed by atoms with E-state index in [4.69, 9.17) is 4.74 Å². The van der Waals surface area contributed by atoms with Crippen molar-refractivity contribution in [2.24, 2.45) is 11.3 Å². The number of aromatic nitrogens is 1. The van der Waals surface area contributed by atoms with Crippen LogP contribution < -0.4 is 0 Å². The smallest absolute Gasteiger partial charge is 0.121 e. The SMILES string of the molecule is C[C@]12CC=C3C=C4C[C@H](O)[C@@H](N5C[C@H](O)[C@@H](O)C5)C[C@]45CCC3(O5)[C@@H]1C[C@@H](O)[C@]2(O)c1ccc2ccncc2c1. The molecule has 3 aliphatic carbocycles. The third-order valence-corrected chi connectivity index (χ3v) is 11.8. The van der Waals surface area contributed by atoms with Crippen LogP contribution in [0.5, 0.6) is 0 Å². The van der Waals surface area contributed by atoms with Crippen molar-refractivity contribution >= 4 is 10.8 Å². The molecule has 2 saturated carbocycles. The highest BCUT2D eigenvalue weighted by Crippen LogP contribution is 2.70. The zero-order chi connectivity index (χ0) is 27.7. The minimum atomic E-state index is -1.45. The molecule has 1 aromatic carbocycles. The molecule has 8 rings (SSSR count). The molecule has 8 nitrogen and oxygen atoms in total. The number of hydrogen-bond donors (Lipinski definition) is 5. The minimum Gasteiger partial charge on any atom is -0.391 e. The number of fused-ring (bicyclic) bond motifs is 2. The molecule has 2 spiro atoms. The van der Waals surface area contributed by atoms with Crippen molar-refractivity contribution in [3.63, 3.8) is 0 Å². The lowest BCUT2D eigenvalue weighted by Gasteiger charge is -2.56. The molecule has 2 aromatic rings. The maximum atomic E-state index is 12.5. The average Bonchev–Trinajstić information content (AvgIpc) is 3.52. The monoisotopic (exact) mass is 546 g/mol. The zero-order valence-corrected chi connectivity index (χ0v) is 22.8. The van der Waals surface area contributed by atoms with E-state index in [-0.39, 0.29) is 12.0 Å². The fraction of sp³-hybridized carbons (Fsp3) is 0.594. The number of allylic oxidation sites excluding steroid dienone is 1. The number of aliphatic hydroxyl groups excluding tert-OH is 4. The van der Waals surface area contributed by atoms with Gasteiger partial charge in [-0.2, -0.15) is 0 Å². The van der Waals surface area contributed by atoms with Gasteiger partial charge in [-0.25, -0.2) is 0 Å². The van der Waals surface area contributed by atoms with Crippen molar-refractivity contribution in [3.05, 3.63) is 65.5 Å². The summed E-state index contributed by atoms with van der Waals surface area (Å²) in [4.78, 5) is 6.28. The molecular formula is C32H38N2O6. The number of ether oxygens (including phenoxy) is 1. The first-order valence-electron chi connectivity index (χ1n) is 14.7. The van der Waals surface area contributed by atoms with Gasteiger partial charge in [0.05, 0.1) is 35.6 Å². The highest BCUT2D eigenvalue weighted by molar-refractivity contribution is 5.82. The Morgan fingerprint density at radius 2 is 1.80 bits per heavy atom. The molecule has 3 aliphatic heterocycles. The van der Waals surface area contributed by atoms with Crippen LogP contribution in [0.1, 0.15) is 51.0 Å². The highest BCUT2D eigenvalue weighted by Gasteiger charge is 2.73. The fourth-order valence-corrected chi connectivity index (χ4v) is 9.65. The predicted octanol–water partition coefficient (Wildman–Crippen LogP) is 1.93. The lowest BCUT2D eigenvalue weighted by molar-refractivity contribution is -0.179. The van der Waals surface area contributed by atoms with Gasteiger partial charge in [0.15, 0.2) is 0 Å². The molecule has 4 heterocycles. The maximum absolute atomic E-state index is 12.5. The summed E-state index contributed by atoms with van der Waals surface area (Å²) in [6.45, 7) is 2.79. The van der Waals surface area contributed by atoms with E-state index in [1.807, 2.05) is 29.2 Å². The van der Waals surface area contributed by atoms with Crippen molar-refractivity contribution < 1.29 is 30.3 Å². The standard InChI is InChI=1S/C32H38N2O6/c1-29-6-4-20-11-22-12-24(35)23(34-16-25(36)26(37)17-34)14-30(22)7-8-31(20,40-30)27(29)13-28(38)32(29,39)21-3-2-18-5-9-33-15-19(18)10-21/h2-5,9-11,15,23-28,35-39H,6-8,12-14,16-17H2,1H3/t23-,24-,25-,26-,27+,28+,29-,30+,31?,32+/m0/s1. The van der Waals surface area contributed by atoms with Crippen molar-refractivity contribution in [2.75, 3.05) is 13.1 Å². The minimum absolute atomic E-state index is 0.0949.